The van der Waals surface area contributed by atoms with Crippen LogP contribution in [0.1, 0.15) is 19.3 Å². The summed E-state index contributed by atoms with van der Waals surface area (Å²) in [7, 11) is 0.938. The molecule has 81 valence electrons. The van der Waals surface area contributed by atoms with Crippen molar-refractivity contribution >= 4 is 24.1 Å². The predicted octanol–water partition coefficient (Wildman–Crippen LogP) is 0.996. The molecule has 1 fully saturated rings. The van der Waals surface area contributed by atoms with Gasteiger partial charge < -0.3 is 14.2 Å². The van der Waals surface area contributed by atoms with Crippen molar-refractivity contribution in [1.82, 2.24) is 4.98 Å². The Morgan fingerprint density at radius 1 is 1.50 bits per heavy atom. The van der Waals surface area contributed by atoms with Crippen LogP contribution in [0.3, 0.4) is 0 Å². The maximum Gasteiger partial charge on any atom is 0.373 e. The SMILES string of the molecule is O[B]c1cc2c(OC3CCC3)nccc2o1. The molecule has 1 aliphatic carbocycles. The minimum atomic E-state index is 0.287. The van der Waals surface area contributed by atoms with E-state index in [9.17, 15) is 0 Å². The summed E-state index contributed by atoms with van der Waals surface area (Å²) in [6.07, 6.45) is 5.35. The zero-order valence-electron chi connectivity index (χ0n) is 8.72. The van der Waals surface area contributed by atoms with E-state index in [1.807, 2.05) is 0 Å². The molecule has 2 aromatic rings. The Balaban J connectivity index is 1.98. The van der Waals surface area contributed by atoms with E-state index in [2.05, 4.69) is 4.98 Å². The topological polar surface area (TPSA) is 55.5 Å². The smallest absolute Gasteiger partial charge is 0.373 e. The van der Waals surface area contributed by atoms with Crippen LogP contribution in [0, 0.1) is 0 Å². The number of hydrogen-bond acceptors (Lipinski definition) is 4. The van der Waals surface area contributed by atoms with Crippen molar-refractivity contribution in [3.8, 4) is 5.88 Å². The first-order valence-electron chi connectivity index (χ1n) is 5.39. The molecule has 3 rings (SSSR count). The molecule has 0 spiro atoms. The molecule has 1 aliphatic rings. The molecule has 1 radical (unpaired) electrons. The van der Waals surface area contributed by atoms with Crippen molar-refractivity contribution in [2.45, 2.75) is 25.4 Å². The van der Waals surface area contributed by atoms with Gasteiger partial charge in [-0.15, -0.1) is 0 Å². The van der Waals surface area contributed by atoms with Gasteiger partial charge in [-0.2, -0.15) is 0 Å². The summed E-state index contributed by atoms with van der Waals surface area (Å²) in [6.45, 7) is 0. The number of rotatable bonds is 3. The highest BCUT2D eigenvalue weighted by Gasteiger charge is 2.21. The van der Waals surface area contributed by atoms with Gasteiger partial charge in [0.1, 0.15) is 11.7 Å². The Kier molecular flexibility index (Phi) is 2.33. The lowest BCUT2D eigenvalue weighted by molar-refractivity contribution is 0.116. The Bertz CT molecular complexity index is 507. The van der Waals surface area contributed by atoms with E-state index in [1.54, 1.807) is 18.3 Å². The summed E-state index contributed by atoms with van der Waals surface area (Å²) in [6, 6.07) is 3.49. The summed E-state index contributed by atoms with van der Waals surface area (Å²) < 4.78 is 11.1. The number of aromatic nitrogens is 1. The highest BCUT2D eigenvalue weighted by molar-refractivity contribution is 6.44. The minimum absolute atomic E-state index is 0.287. The van der Waals surface area contributed by atoms with E-state index >= 15 is 0 Å². The van der Waals surface area contributed by atoms with Gasteiger partial charge in [-0.1, -0.05) is 0 Å². The van der Waals surface area contributed by atoms with Gasteiger partial charge in [-0.3, -0.25) is 0 Å². The molecule has 5 heteroatoms. The summed E-state index contributed by atoms with van der Waals surface area (Å²) in [5.74, 6) is 0.596. The van der Waals surface area contributed by atoms with E-state index in [0.29, 0.717) is 17.1 Å². The molecule has 0 atom stereocenters. The van der Waals surface area contributed by atoms with Crippen molar-refractivity contribution in [1.29, 1.82) is 0 Å². The molecule has 4 nitrogen and oxygen atoms in total. The number of pyridine rings is 1. The number of ether oxygens (including phenoxy) is 1. The average Bonchev–Trinajstić information content (AvgIpc) is 2.66. The van der Waals surface area contributed by atoms with Crippen LogP contribution in [0.25, 0.3) is 11.0 Å². The van der Waals surface area contributed by atoms with Crippen LogP contribution in [-0.2, 0) is 0 Å². The summed E-state index contributed by atoms with van der Waals surface area (Å²) in [4.78, 5) is 4.20. The van der Waals surface area contributed by atoms with Crippen molar-refractivity contribution < 1.29 is 14.2 Å². The molecule has 0 aliphatic heterocycles. The second-order valence-electron chi connectivity index (χ2n) is 3.98. The third kappa shape index (κ3) is 1.57. The molecular weight excluding hydrogens is 205 g/mol. The van der Waals surface area contributed by atoms with Crippen LogP contribution in [0.4, 0.5) is 0 Å². The Hall–Kier alpha value is -1.49. The molecule has 2 aromatic heterocycles. The fourth-order valence-corrected chi connectivity index (χ4v) is 1.76. The quantitative estimate of drug-likeness (QED) is 0.777. The minimum Gasteiger partial charge on any atom is -0.474 e. The van der Waals surface area contributed by atoms with E-state index in [0.717, 1.165) is 25.7 Å². The highest BCUT2D eigenvalue weighted by atomic mass is 16.5. The molecule has 2 heterocycles. The van der Waals surface area contributed by atoms with E-state index in [1.165, 1.54) is 6.42 Å². The van der Waals surface area contributed by atoms with Crippen LogP contribution in [-0.4, -0.2) is 23.6 Å². The molecule has 1 N–H and O–H groups in total. The van der Waals surface area contributed by atoms with Crippen molar-refractivity contribution in [3.05, 3.63) is 18.3 Å². The van der Waals surface area contributed by atoms with Crippen LogP contribution in [0.5, 0.6) is 5.88 Å². The molecule has 0 bridgehead atoms. The second-order valence-corrected chi connectivity index (χ2v) is 3.98. The van der Waals surface area contributed by atoms with Gasteiger partial charge >= 0.3 is 7.48 Å². The highest BCUT2D eigenvalue weighted by Crippen LogP contribution is 2.28. The fourth-order valence-electron chi connectivity index (χ4n) is 1.76. The van der Waals surface area contributed by atoms with Crippen LogP contribution < -0.4 is 10.4 Å². The lowest BCUT2D eigenvalue weighted by Gasteiger charge is -2.25. The maximum atomic E-state index is 8.89. The third-order valence-corrected chi connectivity index (χ3v) is 2.89. The first-order chi connectivity index (χ1) is 7.86. The number of nitrogens with zero attached hydrogens (tertiary/aromatic N) is 1. The van der Waals surface area contributed by atoms with Crippen molar-refractivity contribution in [3.63, 3.8) is 0 Å². The lowest BCUT2D eigenvalue weighted by atomic mass is 9.96. The first kappa shape index (κ1) is 9.72. The summed E-state index contributed by atoms with van der Waals surface area (Å²) in [5, 5.41) is 9.70. The standard InChI is InChI=1S/C11H11BNO3/c14-12-10-6-8-9(16-10)4-5-13-11(8)15-7-2-1-3-7/h4-7,14H,1-3H2. The van der Waals surface area contributed by atoms with Crippen molar-refractivity contribution in [2.75, 3.05) is 0 Å². The fraction of sp³-hybridized carbons (Fsp3) is 0.364. The molecule has 0 saturated heterocycles. The van der Waals surface area contributed by atoms with Gasteiger partial charge in [-0.25, -0.2) is 4.98 Å². The lowest BCUT2D eigenvalue weighted by Crippen LogP contribution is -2.25. The summed E-state index contributed by atoms with van der Waals surface area (Å²) in [5.41, 5.74) is 1.10. The Labute approximate surface area is 93.5 Å². The van der Waals surface area contributed by atoms with Crippen molar-refractivity contribution in [2.24, 2.45) is 0 Å². The monoisotopic (exact) mass is 216 g/mol. The molecule has 0 aromatic carbocycles. The van der Waals surface area contributed by atoms with Gasteiger partial charge in [-0.05, 0) is 31.4 Å². The van der Waals surface area contributed by atoms with Crippen LogP contribution >= 0.6 is 0 Å². The zero-order chi connectivity index (χ0) is 11.0. The largest absolute Gasteiger partial charge is 0.474 e. The number of fused-ring (bicyclic) bond motifs is 1. The number of furan rings is 1. The maximum absolute atomic E-state index is 8.89. The van der Waals surface area contributed by atoms with Crippen LogP contribution in [0.15, 0.2) is 22.7 Å². The Morgan fingerprint density at radius 3 is 3.06 bits per heavy atom. The number of hydrogen-bond donors (Lipinski definition) is 1. The molecule has 0 amide bonds. The van der Waals surface area contributed by atoms with Gasteiger partial charge in [0.2, 0.25) is 5.88 Å². The Morgan fingerprint density at radius 2 is 2.38 bits per heavy atom. The molecule has 1 saturated carbocycles. The van der Waals surface area contributed by atoms with E-state index < -0.39 is 0 Å². The third-order valence-electron chi connectivity index (χ3n) is 2.89. The van der Waals surface area contributed by atoms with E-state index in [4.69, 9.17) is 14.2 Å². The average molecular weight is 216 g/mol. The second kappa shape index (κ2) is 3.83. The molecule has 0 unspecified atom stereocenters. The van der Waals surface area contributed by atoms with Gasteiger partial charge in [0.25, 0.3) is 0 Å². The van der Waals surface area contributed by atoms with Crippen LogP contribution in [0.2, 0.25) is 0 Å². The molecular formula is C11H11BNO3. The van der Waals surface area contributed by atoms with Gasteiger partial charge in [0, 0.05) is 6.20 Å². The van der Waals surface area contributed by atoms with E-state index in [-0.39, 0.29) is 6.10 Å². The summed E-state index contributed by atoms with van der Waals surface area (Å²) >= 11 is 0. The predicted molar refractivity (Wildman–Crippen MR) is 59.9 cm³/mol. The van der Waals surface area contributed by atoms with Gasteiger partial charge in [0.15, 0.2) is 0 Å². The van der Waals surface area contributed by atoms with Gasteiger partial charge in [0.05, 0.1) is 11.0 Å². The zero-order valence-corrected chi connectivity index (χ0v) is 8.72. The normalized spacial score (nSPS) is 16.1. The first-order valence-corrected chi connectivity index (χ1v) is 5.39. The molecule has 16 heavy (non-hydrogen) atoms.